The third-order valence-corrected chi connectivity index (χ3v) is 4.65. The summed E-state index contributed by atoms with van der Waals surface area (Å²) in [7, 11) is 0. The third kappa shape index (κ3) is 4.13. The van der Waals surface area contributed by atoms with E-state index in [9.17, 15) is 9.18 Å². The molecule has 1 atom stereocenters. The largest absolute Gasteiger partial charge is 0.350 e. The molecule has 2 aromatic rings. The van der Waals surface area contributed by atoms with E-state index < -0.39 is 0 Å². The second-order valence-electron chi connectivity index (χ2n) is 6.30. The van der Waals surface area contributed by atoms with Gasteiger partial charge in [0.1, 0.15) is 5.82 Å². The van der Waals surface area contributed by atoms with Crippen molar-refractivity contribution in [2.24, 2.45) is 0 Å². The van der Waals surface area contributed by atoms with Gasteiger partial charge < -0.3 is 10.2 Å². The molecule has 0 aliphatic carbocycles. The summed E-state index contributed by atoms with van der Waals surface area (Å²) in [6.07, 6.45) is 7.34. The van der Waals surface area contributed by atoms with Gasteiger partial charge in [-0.3, -0.25) is 4.79 Å². The van der Waals surface area contributed by atoms with Gasteiger partial charge in [-0.1, -0.05) is 25.1 Å². The topological polar surface area (TPSA) is 58.1 Å². The van der Waals surface area contributed by atoms with Gasteiger partial charge in [0.05, 0.1) is 5.56 Å². The molecule has 5 nitrogen and oxygen atoms in total. The summed E-state index contributed by atoms with van der Waals surface area (Å²) >= 11 is 0. The minimum atomic E-state index is -0.266. The number of hydrogen-bond acceptors (Lipinski definition) is 4. The van der Waals surface area contributed by atoms with Gasteiger partial charge in [0.15, 0.2) is 0 Å². The normalized spacial score (nSPS) is 17.4. The molecular formula is C19H23FN4O. The fourth-order valence-corrected chi connectivity index (χ4v) is 3.20. The zero-order chi connectivity index (χ0) is 17.6. The van der Waals surface area contributed by atoms with Crippen molar-refractivity contribution in [3.8, 4) is 0 Å². The molecule has 6 heteroatoms. The molecule has 1 aromatic carbocycles. The maximum atomic E-state index is 13.6. The number of likely N-dealkylation sites (tertiary alicyclic amines) is 1. The Balaban J connectivity index is 1.63. The minimum Gasteiger partial charge on any atom is -0.350 e. The van der Waals surface area contributed by atoms with Crippen molar-refractivity contribution in [1.82, 2.24) is 14.9 Å². The molecule has 1 amide bonds. The van der Waals surface area contributed by atoms with Crippen molar-refractivity contribution in [1.29, 1.82) is 0 Å². The number of benzene rings is 1. The highest BCUT2D eigenvalue weighted by atomic mass is 19.1. The standard InChI is InChI=1S/C19H23FN4O/c1-2-16-8-5-6-10-24(16)18(25)15-12-22-19(23-13-15)21-11-14-7-3-4-9-17(14)20/h3-4,7,9,12-13,16H,2,5-6,8,10-11H2,1H3,(H,21,22,23). The Morgan fingerprint density at radius 2 is 2.04 bits per heavy atom. The molecule has 0 bridgehead atoms. The van der Waals surface area contributed by atoms with Crippen LogP contribution in [0.2, 0.25) is 0 Å². The van der Waals surface area contributed by atoms with Crippen LogP contribution in [0, 0.1) is 5.82 Å². The molecular weight excluding hydrogens is 319 g/mol. The molecule has 25 heavy (non-hydrogen) atoms. The summed E-state index contributed by atoms with van der Waals surface area (Å²) < 4.78 is 13.6. The summed E-state index contributed by atoms with van der Waals surface area (Å²) in [6.45, 7) is 3.21. The van der Waals surface area contributed by atoms with Gasteiger partial charge in [-0.05, 0) is 31.7 Å². The Kier molecular flexibility index (Phi) is 5.58. The second-order valence-corrected chi connectivity index (χ2v) is 6.30. The molecule has 1 fully saturated rings. The van der Waals surface area contributed by atoms with Crippen LogP contribution in [0.25, 0.3) is 0 Å². The number of amides is 1. The number of hydrogen-bond donors (Lipinski definition) is 1. The highest BCUT2D eigenvalue weighted by Gasteiger charge is 2.26. The lowest BCUT2D eigenvalue weighted by molar-refractivity contribution is 0.0607. The van der Waals surface area contributed by atoms with Crippen molar-refractivity contribution >= 4 is 11.9 Å². The van der Waals surface area contributed by atoms with Gasteiger partial charge in [-0.15, -0.1) is 0 Å². The van der Waals surface area contributed by atoms with E-state index in [1.165, 1.54) is 12.5 Å². The van der Waals surface area contributed by atoms with Crippen LogP contribution in [-0.4, -0.2) is 33.4 Å². The summed E-state index contributed by atoms with van der Waals surface area (Å²) in [5.74, 6) is 0.107. The Bertz CT molecular complexity index is 720. The fraction of sp³-hybridized carbons (Fsp3) is 0.421. The molecule has 132 valence electrons. The zero-order valence-corrected chi connectivity index (χ0v) is 14.4. The number of anilines is 1. The Morgan fingerprint density at radius 1 is 1.28 bits per heavy atom. The van der Waals surface area contributed by atoms with Crippen molar-refractivity contribution < 1.29 is 9.18 Å². The molecule has 0 spiro atoms. The molecule has 0 saturated carbocycles. The summed E-state index contributed by atoms with van der Waals surface area (Å²) in [5.41, 5.74) is 1.04. The van der Waals surface area contributed by atoms with Crippen LogP contribution in [-0.2, 0) is 6.54 Å². The van der Waals surface area contributed by atoms with Gasteiger partial charge in [-0.2, -0.15) is 0 Å². The quantitative estimate of drug-likeness (QED) is 0.901. The lowest BCUT2D eigenvalue weighted by Gasteiger charge is -2.35. The van der Waals surface area contributed by atoms with E-state index in [1.807, 2.05) is 4.90 Å². The molecule has 1 aliphatic rings. The highest BCUT2D eigenvalue weighted by Crippen LogP contribution is 2.21. The molecule has 1 aliphatic heterocycles. The van der Waals surface area contributed by atoms with E-state index >= 15 is 0 Å². The Hall–Kier alpha value is -2.50. The average Bonchev–Trinajstić information content (AvgIpc) is 2.67. The fourth-order valence-electron chi connectivity index (χ4n) is 3.20. The number of piperidine rings is 1. The predicted molar refractivity (Wildman–Crippen MR) is 94.7 cm³/mol. The van der Waals surface area contributed by atoms with Crippen LogP contribution < -0.4 is 5.32 Å². The first-order chi connectivity index (χ1) is 12.2. The van der Waals surface area contributed by atoms with Gasteiger partial charge in [0.25, 0.3) is 5.91 Å². The van der Waals surface area contributed by atoms with Crippen molar-refractivity contribution in [2.45, 2.75) is 45.2 Å². The Labute approximate surface area is 147 Å². The zero-order valence-electron chi connectivity index (χ0n) is 14.4. The van der Waals surface area contributed by atoms with E-state index in [-0.39, 0.29) is 11.7 Å². The number of carbonyl (C=O) groups is 1. The lowest BCUT2D eigenvalue weighted by Crippen LogP contribution is -2.43. The van der Waals surface area contributed by atoms with E-state index in [0.717, 1.165) is 25.8 Å². The smallest absolute Gasteiger partial charge is 0.257 e. The third-order valence-electron chi connectivity index (χ3n) is 4.65. The maximum Gasteiger partial charge on any atom is 0.257 e. The first-order valence-electron chi connectivity index (χ1n) is 8.79. The first-order valence-corrected chi connectivity index (χ1v) is 8.79. The number of carbonyl (C=O) groups excluding carboxylic acids is 1. The van der Waals surface area contributed by atoms with Gasteiger partial charge in [-0.25, -0.2) is 14.4 Å². The number of nitrogens with zero attached hydrogens (tertiary/aromatic N) is 3. The highest BCUT2D eigenvalue weighted by molar-refractivity contribution is 5.94. The first kappa shape index (κ1) is 17.3. The molecule has 1 aromatic heterocycles. The van der Waals surface area contributed by atoms with E-state index in [2.05, 4.69) is 22.2 Å². The minimum absolute atomic E-state index is 0.00722. The monoisotopic (exact) mass is 342 g/mol. The van der Waals surface area contributed by atoms with Crippen LogP contribution in [0.5, 0.6) is 0 Å². The summed E-state index contributed by atoms with van der Waals surface area (Å²) in [4.78, 5) is 23.0. The van der Waals surface area contributed by atoms with Crippen molar-refractivity contribution in [3.63, 3.8) is 0 Å². The van der Waals surface area contributed by atoms with E-state index in [4.69, 9.17) is 0 Å². The number of nitrogens with one attached hydrogen (secondary N) is 1. The Morgan fingerprint density at radius 3 is 2.76 bits per heavy atom. The SMILES string of the molecule is CCC1CCCCN1C(=O)c1cnc(NCc2ccccc2F)nc1. The van der Waals surface area contributed by atoms with E-state index in [0.29, 0.717) is 29.7 Å². The van der Waals surface area contributed by atoms with Gasteiger partial charge in [0.2, 0.25) is 5.95 Å². The summed E-state index contributed by atoms with van der Waals surface area (Å²) in [6, 6.07) is 6.87. The van der Waals surface area contributed by atoms with Gasteiger partial charge >= 0.3 is 0 Å². The van der Waals surface area contributed by atoms with Crippen molar-refractivity contribution in [3.05, 3.63) is 53.6 Å². The maximum absolute atomic E-state index is 13.6. The number of aromatic nitrogens is 2. The van der Waals surface area contributed by atoms with Gasteiger partial charge in [0, 0.05) is 37.1 Å². The van der Waals surface area contributed by atoms with Crippen molar-refractivity contribution in [2.75, 3.05) is 11.9 Å². The van der Waals surface area contributed by atoms with Crippen LogP contribution >= 0.6 is 0 Å². The molecule has 1 unspecified atom stereocenters. The van der Waals surface area contributed by atoms with Crippen LogP contribution in [0.15, 0.2) is 36.7 Å². The van der Waals surface area contributed by atoms with Crippen LogP contribution in [0.3, 0.4) is 0 Å². The van der Waals surface area contributed by atoms with Crippen LogP contribution in [0.4, 0.5) is 10.3 Å². The van der Waals surface area contributed by atoms with Crippen LogP contribution in [0.1, 0.15) is 48.5 Å². The molecule has 3 rings (SSSR count). The average molecular weight is 342 g/mol. The molecule has 1 saturated heterocycles. The molecule has 2 heterocycles. The molecule has 0 radical (unpaired) electrons. The van der Waals surface area contributed by atoms with E-state index in [1.54, 1.807) is 30.6 Å². The molecule has 1 N–H and O–H groups in total. The summed E-state index contributed by atoms with van der Waals surface area (Å²) in [5, 5.41) is 2.98. The second kappa shape index (κ2) is 8.05. The predicted octanol–water partition coefficient (Wildman–Crippen LogP) is 3.63. The lowest BCUT2D eigenvalue weighted by atomic mass is 9.99. The number of rotatable bonds is 5. The number of halogens is 1.